The van der Waals surface area contributed by atoms with Gasteiger partial charge in [0.05, 0.1) is 0 Å². The van der Waals surface area contributed by atoms with E-state index in [9.17, 15) is 0 Å². The van der Waals surface area contributed by atoms with Crippen LogP contribution in [0.1, 0.15) is 59.3 Å². The molecule has 1 unspecified atom stereocenters. The first-order valence-corrected chi connectivity index (χ1v) is 7.71. The standard InChI is InChI=1S/C15H32N2O/c1-4-5-6-10-17(14(2)3)15(13-16)8-7-11-18-12-9-15/h14H,4-13,16H2,1-3H3. The van der Waals surface area contributed by atoms with E-state index in [4.69, 9.17) is 10.5 Å². The summed E-state index contributed by atoms with van der Waals surface area (Å²) < 4.78 is 5.62. The largest absolute Gasteiger partial charge is 0.381 e. The molecule has 1 fully saturated rings. The fraction of sp³-hybridized carbons (Fsp3) is 1.00. The molecule has 0 radical (unpaired) electrons. The molecule has 1 saturated heterocycles. The van der Waals surface area contributed by atoms with Crippen LogP contribution in [-0.2, 0) is 4.74 Å². The summed E-state index contributed by atoms with van der Waals surface area (Å²) in [5.74, 6) is 0. The molecule has 0 aromatic carbocycles. The highest BCUT2D eigenvalue weighted by molar-refractivity contribution is 4.94. The van der Waals surface area contributed by atoms with E-state index in [0.29, 0.717) is 6.04 Å². The fourth-order valence-electron chi connectivity index (χ4n) is 3.18. The second kappa shape index (κ2) is 8.13. The van der Waals surface area contributed by atoms with Crippen molar-refractivity contribution in [1.82, 2.24) is 4.90 Å². The predicted molar refractivity (Wildman–Crippen MR) is 77.8 cm³/mol. The summed E-state index contributed by atoms with van der Waals surface area (Å²) in [5, 5.41) is 0. The van der Waals surface area contributed by atoms with E-state index in [1.807, 2.05) is 0 Å². The molecule has 2 N–H and O–H groups in total. The van der Waals surface area contributed by atoms with Gasteiger partial charge in [0.25, 0.3) is 0 Å². The van der Waals surface area contributed by atoms with Gasteiger partial charge in [-0.05, 0) is 46.1 Å². The number of nitrogens with two attached hydrogens (primary N) is 1. The zero-order valence-corrected chi connectivity index (χ0v) is 12.6. The van der Waals surface area contributed by atoms with Crippen molar-refractivity contribution in [1.29, 1.82) is 0 Å². The van der Waals surface area contributed by atoms with Gasteiger partial charge in [0.15, 0.2) is 0 Å². The minimum atomic E-state index is 0.179. The van der Waals surface area contributed by atoms with Crippen molar-refractivity contribution in [3.8, 4) is 0 Å². The maximum absolute atomic E-state index is 6.15. The van der Waals surface area contributed by atoms with Crippen LogP contribution < -0.4 is 5.73 Å². The summed E-state index contributed by atoms with van der Waals surface area (Å²) in [4.78, 5) is 2.65. The first kappa shape index (κ1) is 15.9. The van der Waals surface area contributed by atoms with E-state index in [-0.39, 0.29) is 5.54 Å². The molecule has 1 rings (SSSR count). The SMILES string of the molecule is CCCCCN(C(C)C)C1(CN)CCCOCC1. The lowest BCUT2D eigenvalue weighted by Gasteiger charge is -2.45. The monoisotopic (exact) mass is 256 g/mol. The van der Waals surface area contributed by atoms with Crippen molar-refractivity contribution < 1.29 is 4.74 Å². The second-order valence-electron chi connectivity index (χ2n) is 5.89. The van der Waals surface area contributed by atoms with Crippen LogP contribution in [0.4, 0.5) is 0 Å². The summed E-state index contributed by atoms with van der Waals surface area (Å²) in [7, 11) is 0. The van der Waals surface area contributed by atoms with Gasteiger partial charge >= 0.3 is 0 Å². The Labute approximate surface area is 113 Å². The molecule has 1 aliphatic heterocycles. The normalized spacial score (nSPS) is 25.7. The number of nitrogens with zero attached hydrogens (tertiary/aromatic N) is 1. The number of ether oxygens (including phenoxy) is 1. The molecule has 1 atom stereocenters. The molecule has 0 saturated carbocycles. The van der Waals surface area contributed by atoms with E-state index < -0.39 is 0 Å². The molecule has 3 heteroatoms. The smallest absolute Gasteiger partial charge is 0.0484 e. The van der Waals surface area contributed by atoms with E-state index in [1.54, 1.807) is 0 Å². The van der Waals surface area contributed by atoms with Gasteiger partial charge in [0.2, 0.25) is 0 Å². The van der Waals surface area contributed by atoms with Crippen molar-refractivity contribution in [3.05, 3.63) is 0 Å². The highest BCUT2D eigenvalue weighted by atomic mass is 16.5. The van der Waals surface area contributed by atoms with Gasteiger partial charge in [-0.3, -0.25) is 4.90 Å². The number of rotatable bonds is 7. The van der Waals surface area contributed by atoms with Crippen molar-refractivity contribution in [2.24, 2.45) is 5.73 Å². The molecule has 3 nitrogen and oxygen atoms in total. The lowest BCUT2D eigenvalue weighted by Crippen LogP contribution is -2.57. The predicted octanol–water partition coefficient (Wildman–Crippen LogP) is 2.79. The quantitative estimate of drug-likeness (QED) is 0.712. The maximum atomic E-state index is 6.15. The molecule has 1 aliphatic rings. The van der Waals surface area contributed by atoms with Crippen molar-refractivity contribution in [2.45, 2.75) is 70.9 Å². The number of unbranched alkanes of at least 4 members (excludes halogenated alkanes) is 2. The summed E-state index contributed by atoms with van der Waals surface area (Å²) in [6, 6.07) is 0.573. The van der Waals surface area contributed by atoms with Crippen LogP contribution in [0.15, 0.2) is 0 Å². The summed E-state index contributed by atoms with van der Waals surface area (Å²) in [6.07, 6.45) is 7.32. The van der Waals surface area contributed by atoms with Gasteiger partial charge in [0, 0.05) is 31.3 Å². The Morgan fingerprint density at radius 1 is 1.22 bits per heavy atom. The van der Waals surface area contributed by atoms with E-state index in [2.05, 4.69) is 25.7 Å². The Bertz CT molecular complexity index is 211. The van der Waals surface area contributed by atoms with Gasteiger partial charge < -0.3 is 10.5 Å². The van der Waals surface area contributed by atoms with Crippen LogP contribution in [-0.4, -0.2) is 42.8 Å². The first-order valence-electron chi connectivity index (χ1n) is 7.71. The molecule has 1 heterocycles. The lowest BCUT2D eigenvalue weighted by atomic mass is 9.87. The molecule has 18 heavy (non-hydrogen) atoms. The molecular formula is C15H32N2O. The number of hydrogen-bond acceptors (Lipinski definition) is 3. The van der Waals surface area contributed by atoms with E-state index in [0.717, 1.165) is 32.6 Å². The molecule has 0 aromatic rings. The Kier molecular flexibility index (Phi) is 7.20. The van der Waals surface area contributed by atoms with Crippen molar-refractivity contribution in [3.63, 3.8) is 0 Å². The highest BCUT2D eigenvalue weighted by Crippen LogP contribution is 2.29. The van der Waals surface area contributed by atoms with Gasteiger partial charge in [-0.2, -0.15) is 0 Å². The third-order valence-electron chi connectivity index (χ3n) is 4.26. The van der Waals surface area contributed by atoms with E-state index in [1.165, 1.54) is 32.2 Å². The Morgan fingerprint density at radius 3 is 2.61 bits per heavy atom. The van der Waals surface area contributed by atoms with Gasteiger partial charge in [-0.25, -0.2) is 0 Å². The highest BCUT2D eigenvalue weighted by Gasteiger charge is 2.37. The molecule has 0 aromatic heterocycles. The maximum Gasteiger partial charge on any atom is 0.0484 e. The Morgan fingerprint density at radius 2 is 2.00 bits per heavy atom. The zero-order valence-electron chi connectivity index (χ0n) is 12.6. The average molecular weight is 256 g/mol. The topological polar surface area (TPSA) is 38.5 Å². The Hall–Kier alpha value is -0.120. The molecular weight excluding hydrogens is 224 g/mol. The molecule has 108 valence electrons. The lowest BCUT2D eigenvalue weighted by molar-refractivity contribution is 0.0394. The van der Waals surface area contributed by atoms with Gasteiger partial charge in [-0.1, -0.05) is 19.8 Å². The molecule has 0 aliphatic carbocycles. The average Bonchev–Trinajstić information content (AvgIpc) is 2.60. The Balaban J connectivity index is 2.70. The van der Waals surface area contributed by atoms with Crippen LogP contribution in [0, 0.1) is 0 Å². The van der Waals surface area contributed by atoms with Gasteiger partial charge in [-0.15, -0.1) is 0 Å². The molecule has 0 bridgehead atoms. The number of hydrogen-bond donors (Lipinski definition) is 1. The minimum absolute atomic E-state index is 0.179. The second-order valence-corrected chi connectivity index (χ2v) is 5.89. The molecule has 0 amide bonds. The van der Waals surface area contributed by atoms with Crippen LogP contribution in [0.2, 0.25) is 0 Å². The first-order chi connectivity index (χ1) is 8.66. The van der Waals surface area contributed by atoms with Crippen LogP contribution >= 0.6 is 0 Å². The summed E-state index contributed by atoms with van der Waals surface area (Å²) in [5.41, 5.74) is 6.33. The van der Waals surface area contributed by atoms with Gasteiger partial charge in [0.1, 0.15) is 0 Å². The summed E-state index contributed by atoms with van der Waals surface area (Å²) >= 11 is 0. The molecule has 0 spiro atoms. The minimum Gasteiger partial charge on any atom is -0.381 e. The van der Waals surface area contributed by atoms with Crippen LogP contribution in [0.5, 0.6) is 0 Å². The van der Waals surface area contributed by atoms with Crippen molar-refractivity contribution in [2.75, 3.05) is 26.3 Å². The third kappa shape index (κ3) is 4.22. The van der Waals surface area contributed by atoms with E-state index >= 15 is 0 Å². The fourth-order valence-corrected chi connectivity index (χ4v) is 3.18. The summed E-state index contributed by atoms with van der Waals surface area (Å²) in [6.45, 7) is 10.6. The third-order valence-corrected chi connectivity index (χ3v) is 4.26. The zero-order chi connectivity index (χ0) is 13.4. The van der Waals surface area contributed by atoms with Crippen molar-refractivity contribution >= 4 is 0 Å². The van der Waals surface area contributed by atoms with Crippen LogP contribution in [0.25, 0.3) is 0 Å². The van der Waals surface area contributed by atoms with Crippen LogP contribution in [0.3, 0.4) is 0 Å².